The normalized spacial score (nSPS) is 12.0. The van der Waals surface area contributed by atoms with Gasteiger partial charge in [-0.1, -0.05) is 37.2 Å². The van der Waals surface area contributed by atoms with Crippen LogP contribution >= 0.6 is 11.8 Å². The molecule has 0 spiro atoms. The third-order valence-corrected chi connectivity index (χ3v) is 6.37. The molecular weight excluding hydrogens is 410 g/mol. The van der Waals surface area contributed by atoms with Crippen molar-refractivity contribution >= 4 is 22.7 Å². The second-order valence-corrected chi connectivity index (χ2v) is 9.20. The fraction of sp³-hybridized carbons (Fsp3) is 0.591. The number of nitrogens with zero attached hydrogens (tertiary/aromatic N) is 7. The number of hydrogen-bond donors (Lipinski definition) is 0. The molecular formula is C22H33N7OS. The molecule has 168 valence electrons. The Bertz CT molecular complexity index is 1040. The first kappa shape index (κ1) is 23.4. The van der Waals surface area contributed by atoms with Crippen LogP contribution in [0.1, 0.15) is 53.3 Å². The van der Waals surface area contributed by atoms with Crippen molar-refractivity contribution in [2.45, 2.75) is 83.5 Å². The quantitative estimate of drug-likeness (QED) is 0.331. The zero-order chi connectivity index (χ0) is 22.4. The van der Waals surface area contributed by atoms with Gasteiger partial charge in [-0.2, -0.15) is 0 Å². The first-order valence-electron chi connectivity index (χ1n) is 11.1. The van der Waals surface area contributed by atoms with Gasteiger partial charge in [0.2, 0.25) is 0 Å². The fourth-order valence-corrected chi connectivity index (χ4v) is 4.68. The fourth-order valence-electron chi connectivity index (χ4n) is 3.72. The number of aromatic nitrogens is 6. The van der Waals surface area contributed by atoms with Crippen molar-refractivity contribution in [3.05, 3.63) is 40.4 Å². The van der Waals surface area contributed by atoms with E-state index in [0.717, 1.165) is 37.3 Å². The molecule has 2 heterocycles. The lowest BCUT2D eigenvalue weighted by atomic mass is 10.2. The first-order valence-corrected chi connectivity index (χ1v) is 12.0. The maximum atomic E-state index is 13.3. The van der Waals surface area contributed by atoms with Gasteiger partial charge in [0.25, 0.3) is 5.56 Å². The number of para-hydroxylation sites is 1. The lowest BCUT2D eigenvalue weighted by molar-refractivity contribution is 0.166. The van der Waals surface area contributed by atoms with E-state index in [1.165, 1.54) is 11.8 Å². The number of aryl methyl sites for hydroxylation is 1. The Morgan fingerprint density at radius 1 is 1.10 bits per heavy atom. The van der Waals surface area contributed by atoms with Gasteiger partial charge in [-0.25, -0.2) is 9.67 Å². The van der Waals surface area contributed by atoms with Crippen LogP contribution in [0.25, 0.3) is 10.9 Å². The number of fused-ring (bicyclic) bond motifs is 1. The molecule has 0 aliphatic carbocycles. The van der Waals surface area contributed by atoms with Crippen molar-refractivity contribution in [1.82, 2.24) is 34.7 Å². The van der Waals surface area contributed by atoms with Gasteiger partial charge in [0, 0.05) is 31.7 Å². The van der Waals surface area contributed by atoms with Crippen molar-refractivity contribution in [2.24, 2.45) is 0 Å². The van der Waals surface area contributed by atoms with Gasteiger partial charge in [-0.3, -0.25) is 14.3 Å². The summed E-state index contributed by atoms with van der Waals surface area (Å²) in [4.78, 5) is 20.5. The Labute approximate surface area is 188 Å². The highest BCUT2D eigenvalue weighted by molar-refractivity contribution is 7.98. The average molecular weight is 444 g/mol. The molecule has 0 unspecified atom stereocenters. The highest BCUT2D eigenvalue weighted by Gasteiger charge is 2.17. The van der Waals surface area contributed by atoms with E-state index in [9.17, 15) is 4.79 Å². The van der Waals surface area contributed by atoms with Crippen LogP contribution in [0.4, 0.5) is 0 Å². The predicted octanol–water partition coefficient (Wildman–Crippen LogP) is 3.59. The minimum absolute atomic E-state index is 0.00568. The lowest BCUT2D eigenvalue weighted by Crippen LogP contribution is -2.40. The lowest BCUT2D eigenvalue weighted by Gasteiger charge is -2.30. The molecule has 31 heavy (non-hydrogen) atoms. The standard InChI is InChI=1S/C22H33N7OS/c1-6-7-12-29-20(24-25-26-29)15-31-22-23-19-11-9-8-10-18(19)21(30)28(22)14-13-27(16(2)3)17(4)5/h8-11,16-17H,6-7,12-15H2,1-5H3. The molecule has 2 aromatic heterocycles. The number of benzene rings is 1. The van der Waals surface area contributed by atoms with Crippen molar-refractivity contribution in [1.29, 1.82) is 0 Å². The van der Waals surface area contributed by atoms with Gasteiger partial charge in [0.1, 0.15) is 0 Å². The van der Waals surface area contributed by atoms with Crippen molar-refractivity contribution < 1.29 is 0 Å². The highest BCUT2D eigenvalue weighted by Crippen LogP contribution is 2.21. The monoisotopic (exact) mass is 443 g/mol. The Balaban J connectivity index is 1.89. The van der Waals surface area contributed by atoms with Crippen LogP contribution in [-0.2, 0) is 18.8 Å². The van der Waals surface area contributed by atoms with Crippen molar-refractivity contribution in [3.63, 3.8) is 0 Å². The zero-order valence-electron chi connectivity index (χ0n) is 19.2. The van der Waals surface area contributed by atoms with Crippen molar-refractivity contribution in [2.75, 3.05) is 6.54 Å². The maximum Gasteiger partial charge on any atom is 0.262 e. The molecule has 0 bridgehead atoms. The Kier molecular flexibility index (Phi) is 8.20. The van der Waals surface area contributed by atoms with Gasteiger partial charge in [-0.15, -0.1) is 5.10 Å². The second kappa shape index (κ2) is 10.9. The van der Waals surface area contributed by atoms with Gasteiger partial charge in [-0.05, 0) is 56.7 Å². The highest BCUT2D eigenvalue weighted by atomic mass is 32.2. The van der Waals surface area contributed by atoms with Crippen LogP contribution in [0.3, 0.4) is 0 Å². The summed E-state index contributed by atoms with van der Waals surface area (Å²) in [5.41, 5.74) is 0.729. The average Bonchev–Trinajstić information content (AvgIpc) is 3.19. The van der Waals surface area contributed by atoms with E-state index in [1.807, 2.05) is 33.5 Å². The number of unbranched alkanes of at least 4 members (excludes halogenated alkanes) is 1. The van der Waals surface area contributed by atoms with Crippen LogP contribution in [0.15, 0.2) is 34.2 Å². The molecule has 0 fully saturated rings. The molecule has 3 aromatic rings. The summed E-state index contributed by atoms with van der Waals surface area (Å²) in [5.74, 6) is 1.37. The topological polar surface area (TPSA) is 81.7 Å². The number of rotatable bonds is 11. The molecule has 0 saturated carbocycles. The molecule has 0 aliphatic heterocycles. The molecule has 1 aromatic carbocycles. The van der Waals surface area contributed by atoms with E-state index in [1.54, 1.807) is 0 Å². The molecule has 0 aliphatic rings. The summed E-state index contributed by atoms with van der Waals surface area (Å²) in [5, 5.41) is 13.5. The molecule has 0 atom stereocenters. The third kappa shape index (κ3) is 5.71. The van der Waals surface area contributed by atoms with E-state index >= 15 is 0 Å². The number of thioether (sulfide) groups is 1. The van der Waals surface area contributed by atoms with E-state index < -0.39 is 0 Å². The minimum atomic E-state index is 0.00568. The van der Waals surface area contributed by atoms with Crippen LogP contribution in [0.5, 0.6) is 0 Å². The van der Waals surface area contributed by atoms with Crippen LogP contribution in [-0.4, -0.2) is 53.3 Å². The first-order chi connectivity index (χ1) is 14.9. The van der Waals surface area contributed by atoms with E-state index in [2.05, 4.69) is 55.0 Å². The molecule has 0 saturated heterocycles. The van der Waals surface area contributed by atoms with Gasteiger partial charge in [0.05, 0.1) is 16.7 Å². The number of tetrazole rings is 1. The molecule has 0 radical (unpaired) electrons. The molecule has 0 N–H and O–H groups in total. The Morgan fingerprint density at radius 2 is 1.84 bits per heavy atom. The van der Waals surface area contributed by atoms with Gasteiger partial charge >= 0.3 is 0 Å². The van der Waals surface area contributed by atoms with Crippen LogP contribution < -0.4 is 5.56 Å². The predicted molar refractivity (Wildman–Crippen MR) is 125 cm³/mol. The summed E-state index contributed by atoms with van der Waals surface area (Å²) >= 11 is 1.52. The summed E-state index contributed by atoms with van der Waals surface area (Å²) in [6.45, 7) is 13.1. The minimum Gasteiger partial charge on any atom is -0.297 e. The number of hydrogen-bond acceptors (Lipinski definition) is 7. The molecule has 8 nitrogen and oxygen atoms in total. The summed E-state index contributed by atoms with van der Waals surface area (Å²) < 4.78 is 3.66. The van der Waals surface area contributed by atoms with Gasteiger partial charge < -0.3 is 0 Å². The maximum absolute atomic E-state index is 13.3. The summed E-state index contributed by atoms with van der Waals surface area (Å²) in [6.07, 6.45) is 2.11. The summed E-state index contributed by atoms with van der Waals surface area (Å²) in [7, 11) is 0. The van der Waals surface area contributed by atoms with Gasteiger partial charge in [0.15, 0.2) is 11.0 Å². The SMILES string of the molecule is CCCCn1nnnc1CSc1nc2ccccc2c(=O)n1CCN(C(C)C)C(C)C. The molecule has 9 heteroatoms. The third-order valence-electron chi connectivity index (χ3n) is 5.39. The van der Waals surface area contributed by atoms with Crippen LogP contribution in [0, 0.1) is 0 Å². The Hall–Kier alpha value is -2.26. The zero-order valence-corrected chi connectivity index (χ0v) is 20.0. The summed E-state index contributed by atoms with van der Waals surface area (Å²) in [6, 6.07) is 8.36. The van der Waals surface area contributed by atoms with E-state index in [4.69, 9.17) is 4.98 Å². The van der Waals surface area contributed by atoms with E-state index in [0.29, 0.717) is 34.9 Å². The van der Waals surface area contributed by atoms with E-state index in [-0.39, 0.29) is 5.56 Å². The smallest absolute Gasteiger partial charge is 0.262 e. The molecule has 3 rings (SSSR count). The Morgan fingerprint density at radius 3 is 2.55 bits per heavy atom. The largest absolute Gasteiger partial charge is 0.297 e. The second-order valence-electron chi connectivity index (χ2n) is 8.25. The van der Waals surface area contributed by atoms with Crippen molar-refractivity contribution in [3.8, 4) is 0 Å². The van der Waals surface area contributed by atoms with Crippen LogP contribution in [0.2, 0.25) is 0 Å². The molecule has 0 amide bonds.